The topological polar surface area (TPSA) is 72.7 Å². The van der Waals surface area contributed by atoms with Gasteiger partial charge < -0.3 is 20.1 Å². The molecule has 1 aliphatic rings. The molecule has 2 N–H and O–H groups in total. The number of ether oxygens (including phenoxy) is 2. The maximum Gasteiger partial charge on any atom is 0.191 e. The molecule has 0 saturated carbocycles. The molecule has 1 aliphatic heterocycles. The van der Waals surface area contributed by atoms with Crippen LogP contribution in [0.2, 0.25) is 5.02 Å². The fourth-order valence-electron chi connectivity index (χ4n) is 3.27. The fourth-order valence-corrected chi connectivity index (χ4v) is 3.40. The van der Waals surface area contributed by atoms with E-state index in [2.05, 4.69) is 20.7 Å². The summed E-state index contributed by atoms with van der Waals surface area (Å²) in [4.78, 5) is 4.32. The maximum absolute atomic E-state index is 6.04. The molecule has 29 heavy (non-hydrogen) atoms. The summed E-state index contributed by atoms with van der Waals surface area (Å²) in [6, 6.07) is 9.82. The maximum atomic E-state index is 6.04. The SMILES string of the molecule is CN=C(NCCCOCC1CCOC1)NCC(c1ccc(Cl)cc1)n1cccn1. The number of benzene rings is 1. The van der Waals surface area contributed by atoms with E-state index in [0.29, 0.717) is 12.5 Å². The molecular formula is C21H30ClN5O2. The number of aliphatic imine (C=N–C) groups is 1. The molecule has 7 nitrogen and oxygen atoms in total. The Labute approximate surface area is 177 Å². The Morgan fingerprint density at radius 1 is 1.38 bits per heavy atom. The van der Waals surface area contributed by atoms with Gasteiger partial charge >= 0.3 is 0 Å². The van der Waals surface area contributed by atoms with Gasteiger partial charge in [-0.1, -0.05) is 23.7 Å². The van der Waals surface area contributed by atoms with Crippen molar-refractivity contribution in [3.63, 3.8) is 0 Å². The highest BCUT2D eigenvalue weighted by Gasteiger charge is 2.16. The van der Waals surface area contributed by atoms with Crippen LogP contribution in [0.5, 0.6) is 0 Å². The third-order valence-corrected chi connectivity index (χ3v) is 5.17. The van der Waals surface area contributed by atoms with Gasteiger partial charge in [0.05, 0.1) is 19.3 Å². The number of rotatable bonds is 10. The zero-order chi connectivity index (χ0) is 20.3. The van der Waals surface area contributed by atoms with Gasteiger partial charge in [-0.25, -0.2) is 0 Å². The van der Waals surface area contributed by atoms with E-state index in [1.165, 1.54) is 0 Å². The van der Waals surface area contributed by atoms with Crippen molar-refractivity contribution in [3.05, 3.63) is 53.3 Å². The number of nitrogens with one attached hydrogen (secondary N) is 2. The van der Waals surface area contributed by atoms with Gasteiger partial charge in [0, 0.05) is 56.7 Å². The molecule has 0 amide bonds. The van der Waals surface area contributed by atoms with E-state index in [1.54, 1.807) is 13.2 Å². The molecule has 0 aliphatic carbocycles. The summed E-state index contributed by atoms with van der Waals surface area (Å²) >= 11 is 6.04. The first-order valence-electron chi connectivity index (χ1n) is 10.1. The second kappa shape index (κ2) is 11.8. The Kier molecular flexibility index (Phi) is 8.80. The molecule has 158 valence electrons. The lowest BCUT2D eigenvalue weighted by Gasteiger charge is -2.20. The first kappa shape index (κ1) is 21.6. The lowest BCUT2D eigenvalue weighted by Crippen LogP contribution is -2.41. The van der Waals surface area contributed by atoms with Gasteiger partial charge in [0.15, 0.2) is 5.96 Å². The van der Waals surface area contributed by atoms with Crippen LogP contribution in [0.3, 0.4) is 0 Å². The van der Waals surface area contributed by atoms with Gasteiger partial charge in [0.1, 0.15) is 0 Å². The molecule has 2 atom stereocenters. The van der Waals surface area contributed by atoms with Crippen LogP contribution in [0.15, 0.2) is 47.7 Å². The number of aromatic nitrogens is 2. The lowest BCUT2D eigenvalue weighted by atomic mass is 10.1. The van der Waals surface area contributed by atoms with Crippen molar-refractivity contribution in [2.45, 2.75) is 18.9 Å². The average Bonchev–Trinajstić information content (AvgIpc) is 3.44. The summed E-state index contributed by atoms with van der Waals surface area (Å²) in [5.41, 5.74) is 1.13. The van der Waals surface area contributed by atoms with E-state index in [0.717, 1.165) is 62.4 Å². The Bertz CT molecular complexity index is 730. The van der Waals surface area contributed by atoms with Crippen LogP contribution in [0.4, 0.5) is 0 Å². The van der Waals surface area contributed by atoms with Crippen LogP contribution in [0, 0.1) is 5.92 Å². The molecule has 1 aromatic heterocycles. The van der Waals surface area contributed by atoms with Crippen molar-refractivity contribution in [3.8, 4) is 0 Å². The molecule has 1 fully saturated rings. The van der Waals surface area contributed by atoms with Gasteiger partial charge in [-0.3, -0.25) is 9.67 Å². The molecule has 1 saturated heterocycles. The van der Waals surface area contributed by atoms with Gasteiger partial charge in [0.25, 0.3) is 0 Å². The first-order valence-corrected chi connectivity index (χ1v) is 10.5. The molecule has 0 radical (unpaired) electrons. The van der Waals surface area contributed by atoms with Crippen LogP contribution < -0.4 is 10.6 Å². The minimum Gasteiger partial charge on any atom is -0.381 e. The fraction of sp³-hybridized carbons (Fsp3) is 0.524. The van der Waals surface area contributed by atoms with Gasteiger partial charge in [0.2, 0.25) is 0 Å². The Morgan fingerprint density at radius 3 is 2.93 bits per heavy atom. The highest BCUT2D eigenvalue weighted by atomic mass is 35.5. The molecule has 0 spiro atoms. The number of hydrogen-bond acceptors (Lipinski definition) is 4. The molecule has 2 aromatic rings. The van der Waals surface area contributed by atoms with E-state index in [1.807, 2.05) is 41.2 Å². The quantitative estimate of drug-likeness (QED) is 0.352. The van der Waals surface area contributed by atoms with Crippen molar-refractivity contribution in [1.29, 1.82) is 0 Å². The van der Waals surface area contributed by atoms with Crippen LogP contribution in [-0.4, -0.2) is 62.3 Å². The van der Waals surface area contributed by atoms with Crippen molar-refractivity contribution in [2.75, 3.05) is 46.6 Å². The van der Waals surface area contributed by atoms with E-state index >= 15 is 0 Å². The summed E-state index contributed by atoms with van der Waals surface area (Å²) in [5, 5.41) is 11.9. The Balaban J connectivity index is 1.42. The summed E-state index contributed by atoms with van der Waals surface area (Å²) in [7, 11) is 1.77. The summed E-state index contributed by atoms with van der Waals surface area (Å²) in [6.07, 6.45) is 5.78. The molecule has 0 bridgehead atoms. The number of guanidine groups is 1. The number of hydrogen-bond donors (Lipinski definition) is 2. The van der Waals surface area contributed by atoms with E-state index in [4.69, 9.17) is 21.1 Å². The van der Waals surface area contributed by atoms with E-state index in [9.17, 15) is 0 Å². The molecule has 3 rings (SSSR count). The van der Waals surface area contributed by atoms with Crippen LogP contribution in [0.1, 0.15) is 24.4 Å². The molecule has 8 heteroatoms. The third kappa shape index (κ3) is 7.03. The van der Waals surface area contributed by atoms with Crippen molar-refractivity contribution in [1.82, 2.24) is 20.4 Å². The van der Waals surface area contributed by atoms with Gasteiger partial charge in [-0.05, 0) is 36.6 Å². The standard InChI is InChI=1S/C21H30ClN5O2/c1-23-21(24-9-3-12-28-15-17-8-13-29-16-17)25-14-20(27-11-2-10-26-27)18-4-6-19(22)7-5-18/h2,4-7,10-11,17,20H,3,8-9,12-16H2,1H3,(H2,23,24,25). The second-order valence-electron chi connectivity index (χ2n) is 7.09. The second-order valence-corrected chi connectivity index (χ2v) is 7.53. The molecule has 2 heterocycles. The molecule has 2 unspecified atom stereocenters. The number of nitrogens with zero attached hydrogens (tertiary/aromatic N) is 3. The lowest BCUT2D eigenvalue weighted by molar-refractivity contribution is 0.0888. The van der Waals surface area contributed by atoms with Crippen LogP contribution in [-0.2, 0) is 9.47 Å². The van der Waals surface area contributed by atoms with E-state index < -0.39 is 0 Å². The average molecular weight is 420 g/mol. The van der Waals surface area contributed by atoms with Crippen molar-refractivity contribution < 1.29 is 9.47 Å². The third-order valence-electron chi connectivity index (χ3n) is 4.92. The molecular weight excluding hydrogens is 390 g/mol. The first-order chi connectivity index (χ1) is 14.3. The molecule has 1 aromatic carbocycles. The van der Waals surface area contributed by atoms with Crippen LogP contribution in [0.25, 0.3) is 0 Å². The largest absolute Gasteiger partial charge is 0.381 e. The van der Waals surface area contributed by atoms with E-state index in [-0.39, 0.29) is 6.04 Å². The summed E-state index contributed by atoms with van der Waals surface area (Å²) in [6.45, 7) is 4.68. The Hall–Kier alpha value is -2.09. The minimum atomic E-state index is 0.0396. The minimum absolute atomic E-state index is 0.0396. The predicted molar refractivity (Wildman–Crippen MR) is 116 cm³/mol. The van der Waals surface area contributed by atoms with Gasteiger partial charge in [-0.2, -0.15) is 5.10 Å². The highest BCUT2D eigenvalue weighted by Crippen LogP contribution is 2.19. The number of halogens is 1. The van der Waals surface area contributed by atoms with Crippen molar-refractivity contribution >= 4 is 17.6 Å². The predicted octanol–water partition coefficient (Wildman–Crippen LogP) is 2.73. The van der Waals surface area contributed by atoms with Crippen molar-refractivity contribution in [2.24, 2.45) is 10.9 Å². The smallest absolute Gasteiger partial charge is 0.191 e. The summed E-state index contributed by atoms with van der Waals surface area (Å²) < 4.78 is 13.0. The zero-order valence-corrected chi connectivity index (χ0v) is 17.6. The van der Waals surface area contributed by atoms with Gasteiger partial charge in [-0.15, -0.1) is 0 Å². The summed E-state index contributed by atoms with van der Waals surface area (Å²) in [5.74, 6) is 1.32. The monoisotopic (exact) mass is 419 g/mol. The van der Waals surface area contributed by atoms with Crippen LogP contribution >= 0.6 is 11.6 Å². The Morgan fingerprint density at radius 2 is 2.24 bits per heavy atom. The zero-order valence-electron chi connectivity index (χ0n) is 16.9. The highest BCUT2D eigenvalue weighted by molar-refractivity contribution is 6.30. The normalized spacial score (nSPS) is 18.0.